The van der Waals surface area contributed by atoms with Gasteiger partial charge in [-0.1, -0.05) is 30.9 Å². The third kappa shape index (κ3) is 3.42. The summed E-state index contributed by atoms with van der Waals surface area (Å²) in [6, 6.07) is 1.75. The SMILES string of the molecule is Cc1cc(Cl)nc(COCCC2CCC2)n1. The third-order valence-corrected chi connectivity index (χ3v) is 3.19. The van der Waals surface area contributed by atoms with Gasteiger partial charge in [-0.15, -0.1) is 0 Å². The Morgan fingerprint density at radius 1 is 1.44 bits per heavy atom. The molecule has 1 fully saturated rings. The van der Waals surface area contributed by atoms with Gasteiger partial charge in [-0.2, -0.15) is 0 Å². The third-order valence-electron chi connectivity index (χ3n) is 3.00. The standard InChI is InChI=1S/C12H17ClN2O/c1-9-7-11(13)15-12(14-9)8-16-6-5-10-3-2-4-10/h7,10H,2-6,8H2,1H3. The number of aromatic nitrogens is 2. The lowest BCUT2D eigenvalue weighted by Gasteiger charge is -2.24. The summed E-state index contributed by atoms with van der Waals surface area (Å²) in [5, 5.41) is 0.491. The van der Waals surface area contributed by atoms with Crippen LogP contribution in [0.1, 0.15) is 37.2 Å². The summed E-state index contributed by atoms with van der Waals surface area (Å²) in [5.74, 6) is 1.57. The average molecular weight is 241 g/mol. The summed E-state index contributed by atoms with van der Waals surface area (Å²) in [6.07, 6.45) is 5.30. The molecule has 0 N–H and O–H groups in total. The van der Waals surface area contributed by atoms with E-state index >= 15 is 0 Å². The van der Waals surface area contributed by atoms with Crippen molar-refractivity contribution in [2.45, 2.75) is 39.2 Å². The number of rotatable bonds is 5. The van der Waals surface area contributed by atoms with E-state index in [4.69, 9.17) is 16.3 Å². The zero-order valence-electron chi connectivity index (χ0n) is 9.58. The summed E-state index contributed by atoms with van der Waals surface area (Å²) >= 11 is 5.84. The molecule has 0 aromatic carbocycles. The van der Waals surface area contributed by atoms with Crippen LogP contribution >= 0.6 is 11.6 Å². The smallest absolute Gasteiger partial charge is 0.155 e. The van der Waals surface area contributed by atoms with Crippen LogP contribution in [0.15, 0.2) is 6.07 Å². The fourth-order valence-electron chi connectivity index (χ4n) is 1.85. The summed E-state index contributed by atoms with van der Waals surface area (Å²) in [4.78, 5) is 8.38. The molecule has 16 heavy (non-hydrogen) atoms. The van der Waals surface area contributed by atoms with Crippen LogP contribution in [0.3, 0.4) is 0 Å². The van der Waals surface area contributed by atoms with Gasteiger partial charge >= 0.3 is 0 Å². The van der Waals surface area contributed by atoms with Crippen molar-refractivity contribution >= 4 is 11.6 Å². The number of nitrogens with zero attached hydrogens (tertiary/aromatic N) is 2. The molecule has 0 bridgehead atoms. The van der Waals surface area contributed by atoms with Crippen LogP contribution in [0, 0.1) is 12.8 Å². The molecule has 4 heteroatoms. The largest absolute Gasteiger partial charge is 0.373 e. The molecule has 2 rings (SSSR count). The number of hydrogen-bond acceptors (Lipinski definition) is 3. The summed E-state index contributed by atoms with van der Waals surface area (Å²) < 4.78 is 5.55. The summed E-state index contributed by atoms with van der Waals surface area (Å²) in [6.45, 7) is 3.18. The Morgan fingerprint density at radius 2 is 2.25 bits per heavy atom. The lowest BCUT2D eigenvalue weighted by Crippen LogP contribution is -2.13. The topological polar surface area (TPSA) is 35.0 Å². The van der Waals surface area contributed by atoms with Crippen LogP contribution in [0.5, 0.6) is 0 Å². The Morgan fingerprint density at radius 3 is 2.88 bits per heavy atom. The molecular weight excluding hydrogens is 224 g/mol. The minimum absolute atomic E-state index is 0.466. The highest BCUT2D eigenvalue weighted by Gasteiger charge is 2.16. The first-order valence-corrected chi connectivity index (χ1v) is 6.19. The lowest BCUT2D eigenvalue weighted by molar-refractivity contribution is 0.0906. The van der Waals surface area contributed by atoms with Gasteiger partial charge in [0.05, 0.1) is 0 Å². The van der Waals surface area contributed by atoms with Crippen LogP contribution < -0.4 is 0 Å². The van der Waals surface area contributed by atoms with Gasteiger partial charge < -0.3 is 4.74 Å². The predicted octanol–water partition coefficient (Wildman–Crippen LogP) is 3.15. The molecule has 1 aliphatic rings. The maximum atomic E-state index is 5.84. The molecule has 0 radical (unpaired) electrons. The van der Waals surface area contributed by atoms with Crippen LogP contribution in [-0.2, 0) is 11.3 Å². The maximum absolute atomic E-state index is 5.84. The van der Waals surface area contributed by atoms with Gasteiger partial charge in [-0.3, -0.25) is 0 Å². The zero-order valence-corrected chi connectivity index (χ0v) is 10.3. The van der Waals surface area contributed by atoms with Gasteiger partial charge in [0.2, 0.25) is 0 Å². The van der Waals surface area contributed by atoms with Gasteiger partial charge in [-0.05, 0) is 25.3 Å². The van der Waals surface area contributed by atoms with E-state index in [2.05, 4.69) is 9.97 Å². The minimum atomic E-state index is 0.466. The van der Waals surface area contributed by atoms with Crippen LogP contribution in [0.4, 0.5) is 0 Å². The molecule has 0 unspecified atom stereocenters. The van der Waals surface area contributed by atoms with Gasteiger partial charge in [0.1, 0.15) is 11.8 Å². The normalized spacial score (nSPS) is 16.1. The molecule has 88 valence electrons. The summed E-state index contributed by atoms with van der Waals surface area (Å²) in [5.41, 5.74) is 0.887. The Balaban J connectivity index is 1.71. The first-order chi connectivity index (χ1) is 7.74. The second-order valence-corrected chi connectivity index (χ2v) is 4.77. The van der Waals surface area contributed by atoms with Crippen molar-refractivity contribution in [3.05, 3.63) is 22.7 Å². The monoisotopic (exact) mass is 240 g/mol. The zero-order chi connectivity index (χ0) is 11.4. The Hall–Kier alpha value is -0.670. The second kappa shape index (κ2) is 5.60. The van der Waals surface area contributed by atoms with Gasteiger partial charge in [-0.25, -0.2) is 9.97 Å². The van der Waals surface area contributed by atoms with Gasteiger partial charge in [0, 0.05) is 12.3 Å². The fraction of sp³-hybridized carbons (Fsp3) is 0.667. The molecule has 0 spiro atoms. The van der Waals surface area contributed by atoms with Crippen molar-refractivity contribution in [2.75, 3.05) is 6.61 Å². The summed E-state index contributed by atoms with van der Waals surface area (Å²) in [7, 11) is 0. The molecule has 1 aromatic heterocycles. The van der Waals surface area contributed by atoms with E-state index in [0.29, 0.717) is 17.6 Å². The lowest BCUT2D eigenvalue weighted by atomic mass is 9.83. The van der Waals surface area contributed by atoms with Crippen molar-refractivity contribution < 1.29 is 4.74 Å². The molecule has 0 atom stereocenters. The van der Waals surface area contributed by atoms with E-state index in [0.717, 1.165) is 18.2 Å². The number of ether oxygens (including phenoxy) is 1. The van der Waals surface area contributed by atoms with Gasteiger partial charge in [0.25, 0.3) is 0 Å². The van der Waals surface area contributed by atoms with Crippen LogP contribution in [0.2, 0.25) is 5.15 Å². The molecule has 1 saturated carbocycles. The van der Waals surface area contributed by atoms with E-state index in [9.17, 15) is 0 Å². The molecule has 0 amide bonds. The molecule has 1 aliphatic carbocycles. The Labute approximate surface area is 101 Å². The highest BCUT2D eigenvalue weighted by molar-refractivity contribution is 6.29. The highest BCUT2D eigenvalue weighted by atomic mass is 35.5. The minimum Gasteiger partial charge on any atom is -0.373 e. The molecule has 0 saturated heterocycles. The van der Waals surface area contributed by atoms with Crippen molar-refractivity contribution in [3.8, 4) is 0 Å². The second-order valence-electron chi connectivity index (χ2n) is 4.39. The van der Waals surface area contributed by atoms with Crippen molar-refractivity contribution in [1.29, 1.82) is 0 Å². The Kier molecular flexibility index (Phi) is 4.13. The van der Waals surface area contributed by atoms with Crippen molar-refractivity contribution in [3.63, 3.8) is 0 Å². The predicted molar refractivity (Wildman–Crippen MR) is 63.4 cm³/mol. The van der Waals surface area contributed by atoms with E-state index < -0.39 is 0 Å². The molecule has 0 aliphatic heterocycles. The maximum Gasteiger partial charge on any atom is 0.155 e. The van der Waals surface area contributed by atoms with E-state index in [1.807, 2.05) is 6.92 Å². The van der Waals surface area contributed by atoms with E-state index in [1.165, 1.54) is 25.7 Å². The Bertz CT molecular complexity index is 333. The molecule has 3 nitrogen and oxygen atoms in total. The molecular formula is C12H17ClN2O. The quantitative estimate of drug-likeness (QED) is 0.586. The van der Waals surface area contributed by atoms with Crippen molar-refractivity contribution in [1.82, 2.24) is 9.97 Å². The first kappa shape index (κ1) is 11.8. The van der Waals surface area contributed by atoms with E-state index in [1.54, 1.807) is 6.07 Å². The average Bonchev–Trinajstić information content (AvgIpc) is 2.13. The first-order valence-electron chi connectivity index (χ1n) is 5.82. The number of halogens is 1. The fourth-order valence-corrected chi connectivity index (χ4v) is 2.10. The van der Waals surface area contributed by atoms with Crippen LogP contribution in [0.25, 0.3) is 0 Å². The highest BCUT2D eigenvalue weighted by Crippen LogP contribution is 2.29. The van der Waals surface area contributed by atoms with E-state index in [-0.39, 0.29) is 0 Å². The van der Waals surface area contributed by atoms with Crippen LogP contribution in [-0.4, -0.2) is 16.6 Å². The van der Waals surface area contributed by atoms with Gasteiger partial charge in [0.15, 0.2) is 5.82 Å². The molecule has 1 heterocycles. The number of aryl methyl sites for hydroxylation is 1. The molecule has 1 aromatic rings. The number of hydrogen-bond donors (Lipinski definition) is 0. The van der Waals surface area contributed by atoms with Crippen molar-refractivity contribution in [2.24, 2.45) is 5.92 Å².